The third-order valence-electron chi connectivity index (χ3n) is 1.58. The van der Waals surface area contributed by atoms with Crippen LogP contribution < -0.4 is 0 Å². The zero-order chi connectivity index (χ0) is 11.1. The van der Waals surface area contributed by atoms with Gasteiger partial charge in [-0.2, -0.15) is 0 Å². The lowest BCUT2D eigenvalue weighted by Crippen LogP contribution is -2.32. The van der Waals surface area contributed by atoms with Crippen molar-refractivity contribution in [3.63, 3.8) is 0 Å². The number of carbonyl (C=O) groups excluding carboxylic acids is 2. The van der Waals surface area contributed by atoms with E-state index in [1.807, 2.05) is 0 Å². The van der Waals surface area contributed by atoms with E-state index in [4.69, 9.17) is 4.74 Å². The number of esters is 1. The average Bonchev–Trinajstić information content (AvgIpc) is 2.18. The van der Waals surface area contributed by atoms with E-state index in [-0.39, 0.29) is 0 Å². The molecule has 0 fully saturated rings. The molecule has 0 aliphatic heterocycles. The summed E-state index contributed by atoms with van der Waals surface area (Å²) in [6.07, 6.45) is -0.0319. The Labute approximate surface area is 82.6 Å². The van der Waals surface area contributed by atoms with Crippen LogP contribution in [0.2, 0.25) is 0 Å². The lowest BCUT2D eigenvalue weighted by molar-refractivity contribution is -0.155. The predicted molar refractivity (Wildman–Crippen MR) is 48.6 cm³/mol. The first kappa shape index (κ1) is 12.6. The molecule has 0 aliphatic rings. The molecule has 0 amide bonds. The summed E-state index contributed by atoms with van der Waals surface area (Å²) in [6, 6.07) is 0. The molecule has 0 aromatic carbocycles. The van der Waals surface area contributed by atoms with Gasteiger partial charge in [0.05, 0.1) is 20.0 Å². The van der Waals surface area contributed by atoms with E-state index >= 15 is 0 Å². The van der Waals surface area contributed by atoms with E-state index in [0.29, 0.717) is 5.76 Å². The Hall–Kier alpha value is -1.36. The summed E-state index contributed by atoms with van der Waals surface area (Å²) in [6.45, 7) is 1.60. The van der Waals surface area contributed by atoms with E-state index in [1.54, 1.807) is 6.92 Å². The summed E-state index contributed by atoms with van der Waals surface area (Å²) < 4.78 is 13.8. The maximum Gasteiger partial charge on any atom is 0.343 e. The van der Waals surface area contributed by atoms with Gasteiger partial charge in [-0.3, -0.25) is 4.79 Å². The summed E-state index contributed by atoms with van der Waals surface area (Å²) >= 11 is 0. The molecule has 14 heavy (non-hydrogen) atoms. The number of ether oxygens (including phenoxy) is 3. The van der Waals surface area contributed by atoms with Crippen LogP contribution in [0, 0.1) is 0 Å². The number of hydrogen-bond acceptors (Lipinski definition) is 5. The minimum Gasteiger partial charge on any atom is -0.501 e. The molecule has 0 aromatic heterocycles. The normalized spacial score (nSPS) is 13.3. The fourth-order valence-corrected chi connectivity index (χ4v) is 0.771. The number of rotatable bonds is 5. The smallest absolute Gasteiger partial charge is 0.343 e. The second kappa shape index (κ2) is 6.15. The molecule has 0 spiro atoms. The number of hydrogen-bond donors (Lipinski definition) is 0. The number of allylic oxidation sites excluding steroid dienone is 1. The zero-order valence-corrected chi connectivity index (χ0v) is 8.70. The van der Waals surface area contributed by atoms with Gasteiger partial charge >= 0.3 is 5.97 Å². The first-order valence-electron chi connectivity index (χ1n) is 3.93. The highest BCUT2D eigenvalue weighted by atomic mass is 16.6. The Balaban J connectivity index is 4.55. The lowest BCUT2D eigenvalue weighted by Gasteiger charge is -2.09. The van der Waals surface area contributed by atoms with Crippen molar-refractivity contribution in [2.75, 3.05) is 21.3 Å². The highest BCUT2D eigenvalue weighted by molar-refractivity contribution is 6.07. The molecule has 0 heterocycles. The highest BCUT2D eigenvalue weighted by Gasteiger charge is 2.25. The molecule has 0 rings (SSSR count). The minimum atomic E-state index is -1.22. The molecule has 5 heteroatoms. The van der Waals surface area contributed by atoms with E-state index in [2.05, 4.69) is 9.47 Å². The van der Waals surface area contributed by atoms with Crippen LogP contribution >= 0.6 is 0 Å². The fourth-order valence-electron chi connectivity index (χ4n) is 0.771. The molecule has 0 unspecified atom stereocenters. The van der Waals surface area contributed by atoms with Crippen molar-refractivity contribution in [2.24, 2.45) is 0 Å². The number of ketones is 1. The van der Waals surface area contributed by atoms with Gasteiger partial charge in [-0.25, -0.2) is 4.79 Å². The van der Waals surface area contributed by atoms with Gasteiger partial charge in [0, 0.05) is 13.2 Å². The van der Waals surface area contributed by atoms with Crippen LogP contribution in [-0.2, 0) is 23.8 Å². The molecule has 0 aromatic rings. The van der Waals surface area contributed by atoms with Crippen molar-refractivity contribution >= 4 is 11.8 Å². The molecular formula is C9H14O5. The van der Waals surface area contributed by atoms with Crippen molar-refractivity contribution in [3.8, 4) is 0 Å². The summed E-state index contributed by atoms with van der Waals surface area (Å²) in [7, 11) is 3.88. The second-order valence-corrected chi connectivity index (χ2v) is 2.50. The third-order valence-corrected chi connectivity index (χ3v) is 1.58. The van der Waals surface area contributed by atoms with Crippen molar-refractivity contribution in [1.82, 2.24) is 0 Å². The third kappa shape index (κ3) is 3.57. The summed E-state index contributed by atoms with van der Waals surface area (Å²) in [5.74, 6) is -0.822. The molecule has 0 saturated carbocycles. The van der Waals surface area contributed by atoms with E-state index < -0.39 is 17.9 Å². The molecule has 0 aliphatic carbocycles. The van der Waals surface area contributed by atoms with E-state index in [9.17, 15) is 9.59 Å². The summed E-state index contributed by atoms with van der Waals surface area (Å²) in [5, 5.41) is 0. The lowest BCUT2D eigenvalue weighted by atomic mass is 10.2. The molecule has 0 bridgehead atoms. The molecule has 80 valence electrons. The Kier molecular flexibility index (Phi) is 5.55. The Morgan fingerprint density at radius 3 is 2.07 bits per heavy atom. The zero-order valence-electron chi connectivity index (χ0n) is 8.70. The van der Waals surface area contributed by atoms with Gasteiger partial charge in [0.1, 0.15) is 0 Å². The van der Waals surface area contributed by atoms with E-state index in [0.717, 1.165) is 0 Å². The van der Waals surface area contributed by atoms with Crippen molar-refractivity contribution in [1.29, 1.82) is 0 Å². The van der Waals surface area contributed by atoms with E-state index in [1.165, 1.54) is 27.4 Å². The Morgan fingerprint density at radius 2 is 1.71 bits per heavy atom. The Morgan fingerprint density at radius 1 is 1.14 bits per heavy atom. The van der Waals surface area contributed by atoms with Crippen LogP contribution in [0.1, 0.15) is 6.92 Å². The quantitative estimate of drug-likeness (QED) is 0.277. The van der Waals surface area contributed by atoms with Gasteiger partial charge in [-0.1, -0.05) is 0 Å². The largest absolute Gasteiger partial charge is 0.501 e. The molecule has 5 nitrogen and oxygen atoms in total. The fraction of sp³-hybridized carbons (Fsp3) is 0.556. The Bertz CT molecular complexity index is 244. The van der Waals surface area contributed by atoms with Crippen LogP contribution in [0.4, 0.5) is 0 Å². The number of carbonyl (C=O) groups is 2. The minimum absolute atomic E-state index is 0.404. The molecule has 0 N–H and O–H groups in total. The van der Waals surface area contributed by atoms with Gasteiger partial charge in [-0.05, 0) is 6.92 Å². The molecule has 0 radical (unpaired) electrons. The van der Waals surface area contributed by atoms with Gasteiger partial charge in [0.15, 0.2) is 5.78 Å². The van der Waals surface area contributed by atoms with Crippen LogP contribution in [0.25, 0.3) is 0 Å². The van der Waals surface area contributed by atoms with Crippen LogP contribution in [0.15, 0.2) is 11.8 Å². The standard InChI is InChI=1S/C9H14O5/c1-6(12-2)5-7(10)8(13-3)9(11)14-4/h5,8H,1-4H3/b6-5+/t8-/m1/s1. The maximum absolute atomic E-state index is 11.4. The number of methoxy groups -OCH3 is 3. The van der Waals surface area contributed by atoms with Crippen LogP contribution in [-0.4, -0.2) is 39.2 Å². The maximum atomic E-state index is 11.4. The topological polar surface area (TPSA) is 61.8 Å². The van der Waals surface area contributed by atoms with Crippen LogP contribution in [0.3, 0.4) is 0 Å². The van der Waals surface area contributed by atoms with Gasteiger partial charge in [0.25, 0.3) is 0 Å². The van der Waals surface area contributed by atoms with Crippen molar-refractivity contribution < 1.29 is 23.8 Å². The monoisotopic (exact) mass is 202 g/mol. The van der Waals surface area contributed by atoms with Gasteiger partial charge < -0.3 is 14.2 Å². The molecule has 0 saturated heterocycles. The first-order chi connectivity index (χ1) is 6.56. The average molecular weight is 202 g/mol. The van der Waals surface area contributed by atoms with Gasteiger partial charge in [-0.15, -0.1) is 0 Å². The predicted octanol–water partition coefficient (Wildman–Crippen LogP) is 0.294. The van der Waals surface area contributed by atoms with Gasteiger partial charge in [0.2, 0.25) is 6.10 Å². The molecule has 1 atom stereocenters. The molecular weight excluding hydrogens is 188 g/mol. The first-order valence-corrected chi connectivity index (χ1v) is 3.93. The SMILES string of the molecule is COC(=O)[C@H](OC)C(=O)/C=C(\C)OC. The van der Waals surface area contributed by atoms with Crippen molar-refractivity contribution in [3.05, 3.63) is 11.8 Å². The summed E-state index contributed by atoms with van der Waals surface area (Å²) in [5.41, 5.74) is 0. The summed E-state index contributed by atoms with van der Waals surface area (Å²) in [4.78, 5) is 22.4. The van der Waals surface area contributed by atoms with Crippen LogP contribution in [0.5, 0.6) is 0 Å². The second-order valence-electron chi connectivity index (χ2n) is 2.50. The van der Waals surface area contributed by atoms with Crippen molar-refractivity contribution in [2.45, 2.75) is 13.0 Å². The highest BCUT2D eigenvalue weighted by Crippen LogP contribution is 2.00.